The topological polar surface area (TPSA) is 67.3 Å². The number of ether oxygens (including phenoxy) is 3. The Morgan fingerprint density at radius 2 is 1.83 bits per heavy atom. The van der Waals surface area contributed by atoms with Crippen molar-refractivity contribution >= 4 is 5.96 Å². The van der Waals surface area contributed by atoms with E-state index >= 15 is 0 Å². The number of hydrogen-bond acceptors (Lipinski definition) is 5. The number of rotatable bonds is 15. The van der Waals surface area contributed by atoms with Gasteiger partial charge < -0.3 is 29.7 Å². The van der Waals surface area contributed by atoms with Crippen LogP contribution in [0.25, 0.3) is 0 Å². The Morgan fingerprint density at radius 1 is 1.03 bits per heavy atom. The number of methoxy groups -OCH3 is 1. The van der Waals surface area contributed by atoms with Crippen LogP contribution in [-0.2, 0) is 11.3 Å². The third-order valence-electron chi connectivity index (χ3n) is 4.68. The van der Waals surface area contributed by atoms with Crippen molar-refractivity contribution in [3.8, 4) is 11.5 Å². The van der Waals surface area contributed by atoms with E-state index in [0.29, 0.717) is 13.2 Å². The van der Waals surface area contributed by atoms with Gasteiger partial charge in [0.05, 0.1) is 7.11 Å². The van der Waals surface area contributed by atoms with Crippen LogP contribution in [-0.4, -0.2) is 71.0 Å². The average Bonchev–Trinajstić information content (AvgIpc) is 2.76. The molecular weight excluding hydrogens is 368 g/mol. The van der Waals surface area contributed by atoms with Gasteiger partial charge in [-0.15, -0.1) is 0 Å². The van der Waals surface area contributed by atoms with Crippen LogP contribution in [0.3, 0.4) is 0 Å². The van der Waals surface area contributed by atoms with Crippen molar-refractivity contribution in [2.45, 2.75) is 40.2 Å². The largest absolute Gasteiger partial charge is 0.493 e. The molecule has 7 nitrogen and oxygen atoms in total. The maximum atomic E-state index is 5.92. The average molecular weight is 409 g/mol. The Bertz CT molecular complexity index is 577. The molecule has 0 unspecified atom stereocenters. The van der Waals surface area contributed by atoms with Crippen LogP contribution < -0.4 is 20.1 Å². The number of nitrogens with zero attached hydrogens (tertiary/aromatic N) is 2. The summed E-state index contributed by atoms with van der Waals surface area (Å²) in [4.78, 5) is 6.61. The molecule has 1 aromatic carbocycles. The molecule has 0 aliphatic carbocycles. The molecule has 0 bridgehead atoms. The minimum Gasteiger partial charge on any atom is -0.493 e. The number of nitrogens with one attached hydrogen (secondary N) is 2. The predicted octanol–water partition coefficient (Wildman–Crippen LogP) is 2.90. The van der Waals surface area contributed by atoms with E-state index < -0.39 is 0 Å². The summed E-state index contributed by atoms with van der Waals surface area (Å²) in [6.07, 6.45) is 2.10. The van der Waals surface area contributed by atoms with Gasteiger partial charge in [0.15, 0.2) is 17.5 Å². The second-order valence-electron chi connectivity index (χ2n) is 6.62. The molecule has 0 aliphatic heterocycles. The summed E-state index contributed by atoms with van der Waals surface area (Å²) in [6.45, 7) is 13.1. The Labute approximate surface area is 176 Å². The van der Waals surface area contributed by atoms with Gasteiger partial charge in [-0.05, 0) is 50.6 Å². The summed E-state index contributed by atoms with van der Waals surface area (Å²) in [6, 6.07) is 6.04. The molecule has 0 saturated carbocycles. The number of guanidine groups is 1. The molecule has 7 heteroatoms. The number of aliphatic imine (C=N–C) groups is 1. The van der Waals surface area contributed by atoms with Crippen molar-refractivity contribution < 1.29 is 14.2 Å². The van der Waals surface area contributed by atoms with E-state index in [0.717, 1.165) is 75.3 Å². The smallest absolute Gasteiger partial charge is 0.191 e. The van der Waals surface area contributed by atoms with Gasteiger partial charge in [0.2, 0.25) is 0 Å². The molecule has 0 spiro atoms. The SMILES string of the molecule is CCOCCCCNC(=NC)NCc1ccc(OCCN(CC)CC)c(OC)c1. The monoisotopic (exact) mass is 408 g/mol. The van der Waals surface area contributed by atoms with Crippen molar-refractivity contribution in [1.82, 2.24) is 15.5 Å². The molecule has 0 aromatic heterocycles. The number of hydrogen-bond donors (Lipinski definition) is 2. The fraction of sp³-hybridized carbons (Fsp3) is 0.682. The molecule has 29 heavy (non-hydrogen) atoms. The van der Waals surface area contributed by atoms with Gasteiger partial charge in [0.1, 0.15) is 6.61 Å². The van der Waals surface area contributed by atoms with Crippen LogP contribution in [0.15, 0.2) is 23.2 Å². The quantitative estimate of drug-likeness (QED) is 0.264. The number of benzene rings is 1. The maximum Gasteiger partial charge on any atom is 0.191 e. The second-order valence-corrected chi connectivity index (χ2v) is 6.62. The second kappa shape index (κ2) is 15.9. The first-order valence-corrected chi connectivity index (χ1v) is 10.7. The zero-order valence-corrected chi connectivity index (χ0v) is 18.9. The van der Waals surface area contributed by atoms with Crippen LogP contribution in [0.1, 0.15) is 39.2 Å². The van der Waals surface area contributed by atoms with Crippen LogP contribution in [0.5, 0.6) is 11.5 Å². The van der Waals surface area contributed by atoms with E-state index in [-0.39, 0.29) is 0 Å². The summed E-state index contributed by atoms with van der Waals surface area (Å²) in [5, 5.41) is 6.67. The molecular formula is C22H40N4O3. The van der Waals surface area contributed by atoms with Gasteiger partial charge in [0, 0.05) is 39.9 Å². The minimum absolute atomic E-state index is 0.648. The third-order valence-corrected chi connectivity index (χ3v) is 4.68. The first-order valence-electron chi connectivity index (χ1n) is 10.7. The van der Waals surface area contributed by atoms with E-state index in [9.17, 15) is 0 Å². The molecule has 0 aliphatic rings. The highest BCUT2D eigenvalue weighted by atomic mass is 16.5. The fourth-order valence-corrected chi connectivity index (χ4v) is 2.85. The first-order chi connectivity index (χ1) is 14.2. The lowest BCUT2D eigenvalue weighted by atomic mass is 10.2. The molecule has 0 radical (unpaired) electrons. The summed E-state index contributed by atoms with van der Waals surface area (Å²) in [5.74, 6) is 2.32. The van der Waals surface area contributed by atoms with Gasteiger partial charge in [-0.25, -0.2) is 0 Å². The normalized spacial score (nSPS) is 11.6. The van der Waals surface area contributed by atoms with E-state index in [1.807, 2.05) is 19.1 Å². The molecule has 1 aromatic rings. The van der Waals surface area contributed by atoms with Crippen LogP contribution in [0.4, 0.5) is 0 Å². The molecule has 2 N–H and O–H groups in total. The van der Waals surface area contributed by atoms with Crippen molar-refractivity contribution in [2.75, 3.05) is 60.2 Å². The molecule has 0 fully saturated rings. The van der Waals surface area contributed by atoms with Crippen molar-refractivity contribution in [3.63, 3.8) is 0 Å². The van der Waals surface area contributed by atoms with Gasteiger partial charge in [-0.3, -0.25) is 4.99 Å². The van der Waals surface area contributed by atoms with Crippen LogP contribution in [0.2, 0.25) is 0 Å². The molecule has 0 atom stereocenters. The molecule has 0 amide bonds. The lowest BCUT2D eigenvalue weighted by Crippen LogP contribution is -2.37. The van der Waals surface area contributed by atoms with E-state index in [2.05, 4.69) is 40.4 Å². The highest BCUT2D eigenvalue weighted by Crippen LogP contribution is 2.28. The van der Waals surface area contributed by atoms with Crippen LogP contribution >= 0.6 is 0 Å². The van der Waals surface area contributed by atoms with E-state index in [1.54, 1.807) is 14.2 Å². The highest BCUT2D eigenvalue weighted by molar-refractivity contribution is 5.79. The number of unbranched alkanes of at least 4 members (excludes halogenated alkanes) is 1. The Hall–Kier alpha value is -1.99. The van der Waals surface area contributed by atoms with Crippen LogP contribution in [0, 0.1) is 0 Å². The zero-order valence-electron chi connectivity index (χ0n) is 18.9. The Balaban J connectivity index is 2.45. The lowest BCUT2D eigenvalue weighted by molar-refractivity contribution is 0.143. The maximum absolute atomic E-state index is 5.92. The van der Waals surface area contributed by atoms with E-state index in [1.165, 1.54) is 0 Å². The predicted molar refractivity (Wildman–Crippen MR) is 120 cm³/mol. The Morgan fingerprint density at radius 3 is 2.48 bits per heavy atom. The van der Waals surface area contributed by atoms with Gasteiger partial charge >= 0.3 is 0 Å². The van der Waals surface area contributed by atoms with Gasteiger partial charge in [-0.2, -0.15) is 0 Å². The fourth-order valence-electron chi connectivity index (χ4n) is 2.85. The first kappa shape index (κ1) is 25.0. The summed E-state index contributed by atoms with van der Waals surface area (Å²) < 4.78 is 16.8. The van der Waals surface area contributed by atoms with Gasteiger partial charge in [0.25, 0.3) is 0 Å². The van der Waals surface area contributed by atoms with Crippen molar-refractivity contribution in [2.24, 2.45) is 4.99 Å². The third kappa shape index (κ3) is 10.4. The summed E-state index contributed by atoms with van der Waals surface area (Å²) in [7, 11) is 3.45. The minimum atomic E-state index is 0.648. The van der Waals surface area contributed by atoms with E-state index in [4.69, 9.17) is 14.2 Å². The molecule has 1 rings (SSSR count). The number of likely N-dealkylation sites (N-methyl/N-ethyl adjacent to an activating group) is 1. The highest BCUT2D eigenvalue weighted by Gasteiger charge is 2.08. The van der Waals surface area contributed by atoms with Crippen molar-refractivity contribution in [1.29, 1.82) is 0 Å². The molecule has 0 heterocycles. The standard InChI is InChI=1S/C22H40N4O3/c1-6-26(7-2)14-16-29-20-12-11-19(17-21(20)27-5)18-25-22(23-4)24-13-9-10-15-28-8-3/h11-12,17H,6-10,13-16,18H2,1-5H3,(H2,23,24,25). The zero-order chi connectivity index (χ0) is 21.3. The van der Waals surface area contributed by atoms with Crippen molar-refractivity contribution in [3.05, 3.63) is 23.8 Å². The van der Waals surface area contributed by atoms with Gasteiger partial charge in [-0.1, -0.05) is 19.9 Å². The Kier molecular flexibility index (Phi) is 13.7. The lowest BCUT2D eigenvalue weighted by Gasteiger charge is -2.19. The molecule has 166 valence electrons. The summed E-state index contributed by atoms with van der Waals surface area (Å²) >= 11 is 0. The summed E-state index contributed by atoms with van der Waals surface area (Å²) in [5.41, 5.74) is 1.11. The molecule has 0 saturated heterocycles.